The molecule has 3 rings (SSSR count). The largest absolute Gasteiger partial charge is 0.465 e. The number of benzene rings is 2. The highest BCUT2D eigenvalue weighted by Gasteiger charge is 2.10. The van der Waals surface area contributed by atoms with Gasteiger partial charge in [0, 0.05) is 33.9 Å². The Bertz CT molecular complexity index is 989. The van der Waals surface area contributed by atoms with Crippen LogP contribution in [0, 0.1) is 13.8 Å². The standard InChI is InChI=1S/C21H19ClN2O2/c1-14-10-17(15(2)24(14)20-9-5-7-18(22)12-20)13-23-19-8-4-6-16(11-19)21(25)26-3/h4-13H,1-3H3. The van der Waals surface area contributed by atoms with Crippen LogP contribution in [0.3, 0.4) is 0 Å². The SMILES string of the molecule is COC(=O)c1cccc(N=Cc2cc(C)n(-c3cccc(Cl)c3)c2C)c1. The molecule has 0 aliphatic carbocycles. The number of methoxy groups -OCH3 is 1. The van der Waals surface area contributed by atoms with Gasteiger partial charge in [-0.05, 0) is 56.3 Å². The molecule has 0 spiro atoms. The Morgan fingerprint density at radius 3 is 2.62 bits per heavy atom. The van der Waals surface area contributed by atoms with E-state index in [0.717, 1.165) is 22.6 Å². The number of aromatic nitrogens is 1. The third-order valence-electron chi connectivity index (χ3n) is 4.16. The van der Waals surface area contributed by atoms with E-state index < -0.39 is 0 Å². The van der Waals surface area contributed by atoms with Gasteiger partial charge in [0.2, 0.25) is 0 Å². The molecule has 0 aliphatic rings. The number of aryl methyl sites for hydroxylation is 1. The number of halogens is 1. The normalized spacial score (nSPS) is 11.1. The Morgan fingerprint density at radius 1 is 1.12 bits per heavy atom. The summed E-state index contributed by atoms with van der Waals surface area (Å²) in [5, 5.41) is 0.699. The van der Waals surface area contributed by atoms with Crippen molar-refractivity contribution in [1.82, 2.24) is 4.57 Å². The number of rotatable bonds is 4. The fourth-order valence-corrected chi connectivity index (χ4v) is 3.09. The third kappa shape index (κ3) is 3.70. The monoisotopic (exact) mass is 366 g/mol. The fourth-order valence-electron chi connectivity index (χ4n) is 2.91. The summed E-state index contributed by atoms with van der Waals surface area (Å²) in [5.74, 6) is -0.374. The van der Waals surface area contributed by atoms with Crippen molar-refractivity contribution in [3.8, 4) is 5.69 Å². The first-order valence-electron chi connectivity index (χ1n) is 8.17. The molecule has 0 saturated carbocycles. The Labute approximate surface area is 157 Å². The molecule has 0 atom stereocenters. The molecule has 26 heavy (non-hydrogen) atoms. The predicted molar refractivity (Wildman–Crippen MR) is 105 cm³/mol. The molecule has 5 heteroatoms. The van der Waals surface area contributed by atoms with E-state index in [1.54, 1.807) is 24.4 Å². The van der Waals surface area contributed by atoms with Crippen molar-refractivity contribution in [3.05, 3.63) is 82.1 Å². The van der Waals surface area contributed by atoms with Crippen LogP contribution >= 0.6 is 11.6 Å². The van der Waals surface area contributed by atoms with E-state index in [9.17, 15) is 4.79 Å². The topological polar surface area (TPSA) is 43.6 Å². The summed E-state index contributed by atoms with van der Waals surface area (Å²) in [6.07, 6.45) is 1.81. The number of carbonyl (C=O) groups is 1. The third-order valence-corrected chi connectivity index (χ3v) is 4.39. The quantitative estimate of drug-likeness (QED) is 0.465. The minimum Gasteiger partial charge on any atom is -0.465 e. The van der Waals surface area contributed by atoms with Crippen LogP contribution < -0.4 is 0 Å². The van der Waals surface area contributed by atoms with Gasteiger partial charge in [-0.3, -0.25) is 4.99 Å². The highest BCUT2D eigenvalue weighted by atomic mass is 35.5. The van der Waals surface area contributed by atoms with E-state index in [4.69, 9.17) is 16.3 Å². The van der Waals surface area contributed by atoms with Crippen molar-refractivity contribution in [3.63, 3.8) is 0 Å². The van der Waals surface area contributed by atoms with E-state index in [2.05, 4.69) is 15.6 Å². The number of carbonyl (C=O) groups excluding carboxylic acids is 1. The van der Waals surface area contributed by atoms with Crippen LogP contribution in [0.4, 0.5) is 5.69 Å². The van der Waals surface area contributed by atoms with Crippen LogP contribution in [0.25, 0.3) is 5.69 Å². The van der Waals surface area contributed by atoms with Gasteiger partial charge >= 0.3 is 5.97 Å². The Hall–Kier alpha value is -2.85. The van der Waals surface area contributed by atoms with Crippen LogP contribution in [0.1, 0.15) is 27.3 Å². The van der Waals surface area contributed by atoms with Crippen LogP contribution in [-0.4, -0.2) is 23.9 Å². The minimum absolute atomic E-state index is 0.374. The first kappa shape index (κ1) is 18.0. The molecule has 2 aromatic carbocycles. The zero-order valence-electron chi connectivity index (χ0n) is 14.9. The molecule has 0 unspecified atom stereocenters. The lowest BCUT2D eigenvalue weighted by Gasteiger charge is -2.09. The van der Waals surface area contributed by atoms with Gasteiger partial charge in [0.05, 0.1) is 18.4 Å². The number of ether oxygens (including phenoxy) is 1. The highest BCUT2D eigenvalue weighted by Crippen LogP contribution is 2.23. The fraction of sp³-hybridized carbons (Fsp3) is 0.143. The highest BCUT2D eigenvalue weighted by molar-refractivity contribution is 6.30. The van der Waals surface area contributed by atoms with Gasteiger partial charge in [0.1, 0.15) is 0 Å². The predicted octanol–water partition coefficient (Wildman–Crippen LogP) is 5.28. The van der Waals surface area contributed by atoms with Gasteiger partial charge in [-0.2, -0.15) is 0 Å². The van der Waals surface area contributed by atoms with Crippen molar-refractivity contribution in [2.45, 2.75) is 13.8 Å². The molecule has 0 saturated heterocycles. The van der Waals surface area contributed by atoms with Crippen LogP contribution in [-0.2, 0) is 4.74 Å². The maximum absolute atomic E-state index is 11.6. The number of hydrogen-bond donors (Lipinski definition) is 0. The molecule has 0 aliphatic heterocycles. The van der Waals surface area contributed by atoms with Crippen LogP contribution in [0.2, 0.25) is 5.02 Å². The smallest absolute Gasteiger partial charge is 0.337 e. The Kier molecular flexibility index (Phi) is 5.24. The molecule has 1 heterocycles. The van der Waals surface area contributed by atoms with Gasteiger partial charge in [-0.25, -0.2) is 4.79 Å². The zero-order valence-corrected chi connectivity index (χ0v) is 15.6. The van der Waals surface area contributed by atoms with E-state index in [0.29, 0.717) is 16.3 Å². The molecule has 4 nitrogen and oxygen atoms in total. The Balaban J connectivity index is 1.93. The second-order valence-corrected chi connectivity index (χ2v) is 6.38. The van der Waals surface area contributed by atoms with Crippen molar-refractivity contribution in [2.75, 3.05) is 7.11 Å². The molecule has 1 aromatic heterocycles. The average Bonchev–Trinajstić information content (AvgIpc) is 2.93. The van der Waals surface area contributed by atoms with Crippen molar-refractivity contribution in [1.29, 1.82) is 0 Å². The van der Waals surface area contributed by atoms with E-state index in [-0.39, 0.29) is 5.97 Å². The number of hydrogen-bond acceptors (Lipinski definition) is 3. The van der Waals surface area contributed by atoms with Gasteiger partial charge in [0.25, 0.3) is 0 Å². The Morgan fingerprint density at radius 2 is 1.88 bits per heavy atom. The molecule has 0 amide bonds. The van der Waals surface area contributed by atoms with Crippen molar-refractivity contribution in [2.24, 2.45) is 4.99 Å². The lowest BCUT2D eigenvalue weighted by molar-refractivity contribution is 0.0601. The molecule has 0 radical (unpaired) electrons. The zero-order chi connectivity index (χ0) is 18.7. The molecule has 0 N–H and O–H groups in total. The molecular formula is C21H19ClN2O2. The lowest BCUT2D eigenvalue weighted by atomic mass is 10.2. The summed E-state index contributed by atoms with van der Waals surface area (Å²) in [6, 6.07) is 16.9. The molecule has 132 valence electrons. The van der Waals surface area contributed by atoms with E-state index in [1.165, 1.54) is 7.11 Å². The summed E-state index contributed by atoms with van der Waals surface area (Å²) < 4.78 is 6.88. The molecular weight excluding hydrogens is 348 g/mol. The van der Waals surface area contributed by atoms with Gasteiger partial charge < -0.3 is 9.30 Å². The van der Waals surface area contributed by atoms with Crippen molar-refractivity contribution >= 4 is 29.5 Å². The minimum atomic E-state index is -0.374. The first-order chi connectivity index (χ1) is 12.5. The summed E-state index contributed by atoms with van der Waals surface area (Å²) in [7, 11) is 1.36. The molecule has 0 fully saturated rings. The lowest BCUT2D eigenvalue weighted by Crippen LogP contribution is -2.00. The summed E-state index contributed by atoms with van der Waals surface area (Å²) in [4.78, 5) is 16.1. The summed E-state index contributed by atoms with van der Waals surface area (Å²) in [5.41, 5.74) is 5.35. The maximum atomic E-state index is 11.6. The van der Waals surface area contributed by atoms with Gasteiger partial charge in [-0.15, -0.1) is 0 Å². The number of aliphatic imine (C=N–C) groups is 1. The number of esters is 1. The van der Waals surface area contributed by atoms with Crippen molar-refractivity contribution < 1.29 is 9.53 Å². The second-order valence-electron chi connectivity index (χ2n) is 5.94. The second kappa shape index (κ2) is 7.58. The van der Waals surface area contributed by atoms with Gasteiger partial charge in [0.15, 0.2) is 0 Å². The van der Waals surface area contributed by atoms with E-state index >= 15 is 0 Å². The average molecular weight is 367 g/mol. The number of nitrogens with zero attached hydrogens (tertiary/aromatic N) is 2. The van der Waals surface area contributed by atoms with Gasteiger partial charge in [-0.1, -0.05) is 23.7 Å². The van der Waals surface area contributed by atoms with Crippen LogP contribution in [0.15, 0.2) is 59.6 Å². The summed E-state index contributed by atoms with van der Waals surface area (Å²) in [6.45, 7) is 4.09. The molecule has 3 aromatic rings. The summed E-state index contributed by atoms with van der Waals surface area (Å²) >= 11 is 6.12. The van der Waals surface area contributed by atoms with Crippen LogP contribution in [0.5, 0.6) is 0 Å². The first-order valence-corrected chi connectivity index (χ1v) is 8.54. The maximum Gasteiger partial charge on any atom is 0.337 e. The van der Waals surface area contributed by atoms with E-state index in [1.807, 2.05) is 44.2 Å². The molecule has 0 bridgehead atoms.